The summed E-state index contributed by atoms with van der Waals surface area (Å²) in [5.41, 5.74) is 1.64. The largest absolute Gasteiger partial charge is 0.307 e. The summed E-state index contributed by atoms with van der Waals surface area (Å²) in [6.45, 7) is 3.44. The predicted octanol–water partition coefficient (Wildman–Crippen LogP) is 4.22. The lowest BCUT2D eigenvalue weighted by Gasteiger charge is -2.33. The van der Waals surface area contributed by atoms with Crippen molar-refractivity contribution in [1.82, 2.24) is 5.32 Å². The van der Waals surface area contributed by atoms with Gasteiger partial charge >= 0.3 is 0 Å². The van der Waals surface area contributed by atoms with Crippen LogP contribution in [0.5, 0.6) is 0 Å². The lowest BCUT2D eigenvalue weighted by molar-refractivity contribution is 0.312. The highest BCUT2D eigenvalue weighted by Crippen LogP contribution is 2.33. The molecule has 1 aromatic rings. The van der Waals surface area contributed by atoms with Crippen molar-refractivity contribution < 1.29 is 0 Å². The minimum Gasteiger partial charge on any atom is -0.307 e. The molecule has 16 heavy (non-hydrogen) atoms. The zero-order valence-corrected chi connectivity index (χ0v) is 11.5. The Morgan fingerprint density at radius 2 is 2.19 bits per heavy atom. The van der Waals surface area contributed by atoms with E-state index in [9.17, 15) is 0 Å². The molecule has 1 atom stereocenters. The van der Waals surface area contributed by atoms with Crippen molar-refractivity contribution >= 4 is 15.9 Å². The molecule has 1 heterocycles. The molecular weight excluding hydrogens is 262 g/mol. The lowest BCUT2D eigenvalue weighted by Crippen LogP contribution is -2.41. The maximum Gasteiger partial charge on any atom is 0.0432 e. The fourth-order valence-corrected chi connectivity index (χ4v) is 3.08. The molecule has 2 heteroatoms. The first-order chi connectivity index (χ1) is 7.77. The van der Waals surface area contributed by atoms with Crippen LogP contribution in [0, 0.1) is 0 Å². The summed E-state index contributed by atoms with van der Waals surface area (Å²) in [6.07, 6.45) is 6.45. The van der Waals surface area contributed by atoms with Crippen LogP contribution in [0.4, 0.5) is 0 Å². The number of nitrogens with one attached hydrogen (secondary N) is 1. The Balaban J connectivity index is 2.31. The van der Waals surface area contributed by atoms with Crippen LogP contribution in [0.2, 0.25) is 0 Å². The van der Waals surface area contributed by atoms with Gasteiger partial charge in [-0.25, -0.2) is 0 Å². The molecule has 1 aliphatic rings. The first-order valence-corrected chi connectivity index (χ1v) is 7.07. The zero-order chi connectivity index (χ0) is 11.4. The van der Waals surface area contributed by atoms with Crippen LogP contribution in [-0.2, 0) is 5.54 Å². The van der Waals surface area contributed by atoms with Crippen molar-refractivity contribution in [2.75, 3.05) is 6.54 Å². The van der Waals surface area contributed by atoms with E-state index in [-0.39, 0.29) is 5.54 Å². The Kier molecular flexibility index (Phi) is 4.04. The summed E-state index contributed by atoms with van der Waals surface area (Å²) < 4.78 is 1.18. The second kappa shape index (κ2) is 5.33. The number of hydrogen-bond donors (Lipinski definition) is 1. The van der Waals surface area contributed by atoms with Crippen LogP contribution in [0.3, 0.4) is 0 Å². The van der Waals surface area contributed by atoms with Gasteiger partial charge in [-0.2, -0.15) is 0 Å². The number of rotatable bonds is 2. The van der Waals surface area contributed by atoms with E-state index in [1.807, 2.05) is 0 Å². The minimum absolute atomic E-state index is 0.209. The van der Waals surface area contributed by atoms with Gasteiger partial charge in [-0.1, -0.05) is 47.8 Å². The summed E-state index contributed by atoms with van der Waals surface area (Å²) >= 11 is 3.57. The van der Waals surface area contributed by atoms with Crippen LogP contribution in [-0.4, -0.2) is 6.54 Å². The normalized spacial score (nSPS) is 26.4. The maximum atomic E-state index is 3.77. The topological polar surface area (TPSA) is 12.0 Å². The fraction of sp³-hybridized carbons (Fsp3) is 0.571. The molecule has 0 radical (unpaired) electrons. The Morgan fingerprint density at radius 3 is 2.94 bits per heavy atom. The third-order valence-corrected chi connectivity index (χ3v) is 4.22. The van der Waals surface area contributed by atoms with Crippen molar-refractivity contribution in [3.8, 4) is 0 Å². The van der Waals surface area contributed by atoms with E-state index >= 15 is 0 Å². The first-order valence-electron chi connectivity index (χ1n) is 6.28. The monoisotopic (exact) mass is 281 g/mol. The molecule has 2 rings (SSSR count). The smallest absolute Gasteiger partial charge is 0.0432 e. The zero-order valence-electron chi connectivity index (χ0n) is 9.93. The predicted molar refractivity (Wildman–Crippen MR) is 72.6 cm³/mol. The molecule has 1 aliphatic heterocycles. The second-order valence-corrected chi connectivity index (χ2v) is 5.60. The van der Waals surface area contributed by atoms with Crippen LogP contribution in [0.25, 0.3) is 0 Å². The summed E-state index contributed by atoms with van der Waals surface area (Å²) in [7, 11) is 0. The quantitative estimate of drug-likeness (QED) is 0.856. The second-order valence-electron chi connectivity index (χ2n) is 4.68. The molecule has 0 spiro atoms. The highest BCUT2D eigenvalue weighted by molar-refractivity contribution is 9.10. The molecule has 1 saturated heterocycles. The Bertz CT molecular complexity index is 340. The van der Waals surface area contributed by atoms with Gasteiger partial charge in [0.2, 0.25) is 0 Å². The molecule has 1 fully saturated rings. The standard InChI is InChI=1S/C14H20BrN/c1-2-14(9-4-3-5-10-16-14)12-7-6-8-13(15)11-12/h6-8,11,16H,2-5,9-10H2,1H3. The van der Waals surface area contributed by atoms with E-state index in [0.29, 0.717) is 0 Å². The van der Waals surface area contributed by atoms with Crippen LogP contribution in [0.1, 0.15) is 44.6 Å². The van der Waals surface area contributed by atoms with E-state index in [2.05, 4.69) is 52.4 Å². The van der Waals surface area contributed by atoms with Crippen molar-refractivity contribution in [3.05, 3.63) is 34.3 Å². The molecule has 1 unspecified atom stereocenters. The van der Waals surface area contributed by atoms with Gasteiger partial charge in [0, 0.05) is 10.0 Å². The molecule has 0 saturated carbocycles. The molecule has 0 bridgehead atoms. The van der Waals surface area contributed by atoms with Gasteiger partial charge in [0.15, 0.2) is 0 Å². The van der Waals surface area contributed by atoms with Crippen molar-refractivity contribution in [2.24, 2.45) is 0 Å². The third kappa shape index (κ3) is 2.49. The number of benzene rings is 1. The molecule has 1 nitrogen and oxygen atoms in total. The summed E-state index contributed by atoms with van der Waals surface area (Å²) in [6, 6.07) is 8.77. The van der Waals surface area contributed by atoms with Crippen molar-refractivity contribution in [2.45, 2.75) is 44.6 Å². The van der Waals surface area contributed by atoms with Gasteiger partial charge < -0.3 is 5.32 Å². The highest BCUT2D eigenvalue weighted by atomic mass is 79.9. The SMILES string of the molecule is CCC1(c2cccc(Br)c2)CCCCCN1. The van der Waals surface area contributed by atoms with E-state index in [4.69, 9.17) is 0 Å². The molecular formula is C14H20BrN. The molecule has 0 aromatic heterocycles. The molecule has 0 amide bonds. The van der Waals surface area contributed by atoms with Gasteiger partial charge in [-0.15, -0.1) is 0 Å². The average Bonchev–Trinajstić information content (AvgIpc) is 2.55. The minimum atomic E-state index is 0.209. The maximum absolute atomic E-state index is 3.77. The van der Waals surface area contributed by atoms with Gasteiger partial charge in [-0.3, -0.25) is 0 Å². The summed E-state index contributed by atoms with van der Waals surface area (Å²) in [4.78, 5) is 0. The molecule has 1 aromatic carbocycles. The Morgan fingerprint density at radius 1 is 1.31 bits per heavy atom. The number of halogens is 1. The first kappa shape index (κ1) is 12.1. The average molecular weight is 282 g/mol. The Hall–Kier alpha value is -0.340. The fourth-order valence-electron chi connectivity index (χ4n) is 2.68. The van der Waals surface area contributed by atoms with Crippen molar-refractivity contribution in [3.63, 3.8) is 0 Å². The molecule has 0 aliphatic carbocycles. The van der Waals surface area contributed by atoms with Crippen LogP contribution >= 0.6 is 15.9 Å². The van der Waals surface area contributed by atoms with E-state index in [0.717, 1.165) is 6.54 Å². The highest BCUT2D eigenvalue weighted by Gasteiger charge is 2.30. The molecule has 88 valence electrons. The molecule has 1 N–H and O–H groups in total. The Labute approximate surface area is 107 Å². The van der Waals surface area contributed by atoms with Crippen LogP contribution < -0.4 is 5.32 Å². The van der Waals surface area contributed by atoms with E-state index < -0.39 is 0 Å². The van der Waals surface area contributed by atoms with E-state index in [1.54, 1.807) is 0 Å². The van der Waals surface area contributed by atoms with Crippen molar-refractivity contribution in [1.29, 1.82) is 0 Å². The summed E-state index contributed by atoms with van der Waals surface area (Å²) in [5, 5.41) is 3.77. The van der Waals surface area contributed by atoms with Gasteiger partial charge in [0.1, 0.15) is 0 Å². The third-order valence-electron chi connectivity index (χ3n) is 3.72. The number of hydrogen-bond acceptors (Lipinski definition) is 1. The van der Waals surface area contributed by atoms with E-state index in [1.165, 1.54) is 42.1 Å². The van der Waals surface area contributed by atoms with Gasteiger partial charge in [0.05, 0.1) is 0 Å². The van der Waals surface area contributed by atoms with Gasteiger partial charge in [-0.05, 0) is 43.5 Å². The lowest BCUT2D eigenvalue weighted by atomic mass is 9.83. The van der Waals surface area contributed by atoms with Gasteiger partial charge in [0.25, 0.3) is 0 Å². The summed E-state index contributed by atoms with van der Waals surface area (Å²) in [5.74, 6) is 0. The van der Waals surface area contributed by atoms with Crippen LogP contribution in [0.15, 0.2) is 28.7 Å².